The molecule has 0 atom stereocenters. The average Bonchev–Trinajstić information content (AvgIpc) is 3.06. The molecule has 22 heavy (non-hydrogen) atoms. The van der Waals surface area contributed by atoms with E-state index >= 15 is 0 Å². The van der Waals surface area contributed by atoms with Gasteiger partial charge in [0.1, 0.15) is 5.82 Å². The highest BCUT2D eigenvalue weighted by atomic mass is 79.9. The van der Waals surface area contributed by atoms with Gasteiger partial charge in [0.15, 0.2) is 0 Å². The van der Waals surface area contributed by atoms with E-state index in [1.165, 1.54) is 16.2 Å². The summed E-state index contributed by atoms with van der Waals surface area (Å²) in [5, 5.41) is 6.93. The van der Waals surface area contributed by atoms with Crippen molar-refractivity contribution in [3.8, 4) is 0 Å². The van der Waals surface area contributed by atoms with Crippen LogP contribution in [0.5, 0.6) is 0 Å². The summed E-state index contributed by atoms with van der Waals surface area (Å²) in [6.45, 7) is 3.94. The van der Waals surface area contributed by atoms with Gasteiger partial charge in [0, 0.05) is 19.2 Å². The molecule has 0 aliphatic heterocycles. The Morgan fingerprint density at radius 3 is 2.73 bits per heavy atom. The smallest absolute Gasteiger partial charge is 0.264 e. The quantitative estimate of drug-likeness (QED) is 0.861. The normalized spacial score (nSPS) is 10.8. The van der Waals surface area contributed by atoms with Gasteiger partial charge in [-0.3, -0.25) is 9.59 Å². The minimum absolute atomic E-state index is 0.0162. The summed E-state index contributed by atoms with van der Waals surface area (Å²) in [6.07, 6.45) is 1.63. The number of halogens is 1. The summed E-state index contributed by atoms with van der Waals surface area (Å²) in [7, 11) is 1.61. The number of thiophene rings is 1. The molecular formula is C14H17BrN4O2S. The molecule has 1 N–H and O–H groups in total. The van der Waals surface area contributed by atoms with E-state index in [4.69, 9.17) is 0 Å². The number of rotatable bonds is 5. The fourth-order valence-electron chi connectivity index (χ4n) is 1.91. The average molecular weight is 385 g/mol. The van der Waals surface area contributed by atoms with E-state index in [-0.39, 0.29) is 24.4 Å². The van der Waals surface area contributed by atoms with Gasteiger partial charge in [-0.1, -0.05) is 0 Å². The molecular weight excluding hydrogens is 368 g/mol. The summed E-state index contributed by atoms with van der Waals surface area (Å²) in [6, 6.07) is 5.43. The summed E-state index contributed by atoms with van der Waals surface area (Å²) in [4.78, 5) is 26.3. The van der Waals surface area contributed by atoms with E-state index in [2.05, 4.69) is 26.3 Å². The van der Waals surface area contributed by atoms with Crippen molar-refractivity contribution < 1.29 is 9.59 Å². The Morgan fingerprint density at radius 1 is 1.41 bits per heavy atom. The van der Waals surface area contributed by atoms with Crippen molar-refractivity contribution in [3.63, 3.8) is 0 Å². The Hall–Kier alpha value is -1.67. The first-order valence-electron chi connectivity index (χ1n) is 6.72. The van der Waals surface area contributed by atoms with E-state index in [1.54, 1.807) is 30.1 Å². The summed E-state index contributed by atoms with van der Waals surface area (Å²) in [5.74, 6) is 0.191. The molecule has 2 amide bonds. The number of nitrogens with one attached hydrogen (secondary N) is 1. The van der Waals surface area contributed by atoms with Gasteiger partial charge in [-0.05, 0) is 41.9 Å². The monoisotopic (exact) mass is 384 g/mol. The molecule has 0 saturated carbocycles. The molecule has 0 aliphatic rings. The maximum absolute atomic E-state index is 12.2. The molecule has 2 aromatic heterocycles. The van der Waals surface area contributed by atoms with Crippen LogP contribution in [-0.4, -0.2) is 40.1 Å². The summed E-state index contributed by atoms with van der Waals surface area (Å²) < 4.78 is 2.60. The molecule has 0 aliphatic carbocycles. The van der Waals surface area contributed by atoms with Gasteiger partial charge < -0.3 is 10.2 Å². The molecule has 118 valence electrons. The van der Waals surface area contributed by atoms with Gasteiger partial charge in [-0.15, -0.1) is 11.3 Å². The number of carbonyl (C=O) groups is 2. The Morgan fingerprint density at radius 2 is 2.14 bits per heavy atom. The number of hydrogen-bond acceptors (Lipinski definition) is 4. The van der Waals surface area contributed by atoms with Crippen molar-refractivity contribution in [2.75, 3.05) is 18.9 Å². The van der Waals surface area contributed by atoms with Crippen molar-refractivity contribution in [1.29, 1.82) is 0 Å². The molecule has 0 radical (unpaired) electrons. The van der Waals surface area contributed by atoms with Crippen molar-refractivity contribution in [2.45, 2.75) is 19.9 Å². The lowest BCUT2D eigenvalue weighted by molar-refractivity contribution is -0.116. The maximum Gasteiger partial charge on any atom is 0.264 e. The minimum Gasteiger partial charge on any atom is -0.332 e. The molecule has 0 aromatic carbocycles. The summed E-state index contributed by atoms with van der Waals surface area (Å²) in [5.41, 5.74) is 0. The van der Waals surface area contributed by atoms with Crippen LogP contribution in [0.1, 0.15) is 29.6 Å². The maximum atomic E-state index is 12.2. The third-order valence-electron chi connectivity index (χ3n) is 2.94. The number of aromatic nitrogens is 2. The molecule has 0 unspecified atom stereocenters. The van der Waals surface area contributed by atoms with Gasteiger partial charge in [-0.25, -0.2) is 4.68 Å². The highest BCUT2D eigenvalue weighted by Crippen LogP contribution is 2.23. The van der Waals surface area contributed by atoms with E-state index in [9.17, 15) is 9.59 Å². The number of amides is 2. The molecule has 0 bridgehead atoms. The first kappa shape index (κ1) is 16.7. The lowest BCUT2D eigenvalue weighted by Crippen LogP contribution is -2.35. The zero-order valence-electron chi connectivity index (χ0n) is 12.5. The number of anilines is 1. The third-order valence-corrected chi connectivity index (χ3v) is 4.55. The van der Waals surface area contributed by atoms with Gasteiger partial charge in [0.2, 0.25) is 5.91 Å². The first-order chi connectivity index (χ1) is 10.4. The number of carbonyl (C=O) groups excluding carboxylic acids is 2. The molecule has 2 rings (SSSR count). The standard InChI is InChI=1S/C14H17BrN4O2S/c1-9(2)19-12(6-7-16-19)17-13(20)8-18(3)14(21)10-4-5-11(15)22-10/h4-7,9H,8H2,1-3H3,(H,17,20). The predicted molar refractivity (Wildman–Crippen MR) is 90.2 cm³/mol. The van der Waals surface area contributed by atoms with E-state index in [0.717, 1.165) is 3.79 Å². The minimum atomic E-state index is -0.256. The van der Waals surface area contributed by atoms with Crippen LogP contribution in [0.15, 0.2) is 28.2 Å². The lowest BCUT2D eigenvalue weighted by Gasteiger charge is -2.17. The second-order valence-electron chi connectivity index (χ2n) is 5.07. The lowest BCUT2D eigenvalue weighted by atomic mass is 10.4. The molecule has 0 saturated heterocycles. The van der Waals surface area contributed by atoms with Crippen LogP contribution in [0.2, 0.25) is 0 Å². The fourth-order valence-corrected chi connectivity index (χ4v) is 3.29. The molecule has 6 nitrogen and oxygen atoms in total. The largest absolute Gasteiger partial charge is 0.332 e. The number of hydrogen-bond donors (Lipinski definition) is 1. The van der Waals surface area contributed by atoms with Crippen LogP contribution in [0.4, 0.5) is 5.82 Å². The van der Waals surface area contributed by atoms with Crippen molar-refractivity contribution in [3.05, 3.63) is 33.1 Å². The molecule has 0 fully saturated rings. The van der Waals surface area contributed by atoms with Crippen molar-refractivity contribution >= 4 is 44.9 Å². The third kappa shape index (κ3) is 3.95. The Labute approximate surface area is 141 Å². The van der Waals surface area contributed by atoms with E-state index in [0.29, 0.717) is 10.7 Å². The van der Waals surface area contributed by atoms with Crippen LogP contribution in [0, 0.1) is 0 Å². The molecule has 2 aromatic rings. The van der Waals surface area contributed by atoms with E-state index < -0.39 is 0 Å². The van der Waals surface area contributed by atoms with Crippen LogP contribution in [0.3, 0.4) is 0 Å². The van der Waals surface area contributed by atoms with Gasteiger partial charge in [0.25, 0.3) is 5.91 Å². The Balaban J connectivity index is 1.96. The fraction of sp³-hybridized carbons (Fsp3) is 0.357. The Kier molecular flexibility index (Phi) is 5.36. The van der Waals surface area contributed by atoms with Crippen LogP contribution in [-0.2, 0) is 4.79 Å². The van der Waals surface area contributed by atoms with Gasteiger partial charge >= 0.3 is 0 Å². The predicted octanol–water partition coefficient (Wildman–Crippen LogP) is 3.00. The van der Waals surface area contributed by atoms with Crippen LogP contribution < -0.4 is 5.32 Å². The zero-order valence-corrected chi connectivity index (χ0v) is 14.9. The topological polar surface area (TPSA) is 67.2 Å². The van der Waals surface area contributed by atoms with Gasteiger partial charge in [-0.2, -0.15) is 5.10 Å². The van der Waals surface area contributed by atoms with Crippen molar-refractivity contribution in [2.24, 2.45) is 0 Å². The second kappa shape index (κ2) is 7.06. The van der Waals surface area contributed by atoms with Gasteiger partial charge in [0.05, 0.1) is 21.4 Å². The highest BCUT2D eigenvalue weighted by Gasteiger charge is 2.17. The highest BCUT2D eigenvalue weighted by molar-refractivity contribution is 9.11. The van der Waals surface area contributed by atoms with Crippen LogP contribution >= 0.6 is 27.3 Å². The van der Waals surface area contributed by atoms with E-state index in [1.807, 2.05) is 19.9 Å². The SMILES string of the molecule is CC(C)n1nccc1NC(=O)CN(C)C(=O)c1ccc(Br)s1. The first-order valence-corrected chi connectivity index (χ1v) is 8.33. The van der Waals surface area contributed by atoms with Crippen molar-refractivity contribution in [1.82, 2.24) is 14.7 Å². The molecule has 2 heterocycles. The zero-order chi connectivity index (χ0) is 16.3. The molecule has 8 heteroatoms. The second-order valence-corrected chi connectivity index (χ2v) is 7.53. The number of likely N-dealkylation sites (N-methyl/N-ethyl adjacent to an activating group) is 1. The van der Waals surface area contributed by atoms with Crippen LogP contribution in [0.25, 0.3) is 0 Å². The Bertz CT molecular complexity index is 680. The number of nitrogens with zero attached hydrogens (tertiary/aromatic N) is 3. The molecule has 0 spiro atoms. The summed E-state index contributed by atoms with van der Waals surface area (Å²) >= 11 is 4.66.